The summed E-state index contributed by atoms with van der Waals surface area (Å²) < 4.78 is 1.72. The van der Waals surface area contributed by atoms with Crippen molar-refractivity contribution >= 4 is 11.6 Å². The molecule has 0 fully saturated rings. The molecule has 2 aromatic heterocycles. The lowest BCUT2D eigenvalue weighted by Gasteiger charge is -1.95. The Morgan fingerprint density at radius 3 is 2.94 bits per heavy atom. The van der Waals surface area contributed by atoms with E-state index in [0.29, 0.717) is 18.1 Å². The van der Waals surface area contributed by atoms with Crippen LogP contribution in [0, 0.1) is 11.8 Å². The lowest BCUT2D eigenvalue weighted by atomic mass is 10.2. The van der Waals surface area contributed by atoms with Crippen LogP contribution < -0.4 is 0 Å². The highest BCUT2D eigenvalue weighted by Gasteiger charge is 2.02. The van der Waals surface area contributed by atoms with Crippen molar-refractivity contribution in [2.75, 3.05) is 6.61 Å². The molecule has 0 atom stereocenters. The average Bonchev–Trinajstić information content (AvgIpc) is 2.83. The molecule has 2 rings (SSSR count). The van der Waals surface area contributed by atoms with Gasteiger partial charge in [0.15, 0.2) is 5.15 Å². The van der Waals surface area contributed by atoms with Crippen LogP contribution in [0.15, 0.2) is 24.7 Å². The Labute approximate surface area is 109 Å². The summed E-state index contributed by atoms with van der Waals surface area (Å²) in [7, 11) is 0. The Hall–Kier alpha value is -1.90. The van der Waals surface area contributed by atoms with E-state index < -0.39 is 0 Å². The number of aliphatic hydroxyl groups is 1. The van der Waals surface area contributed by atoms with Crippen molar-refractivity contribution in [3.8, 4) is 23.0 Å². The number of hydrogen-bond acceptors (Lipinski definition) is 4. The minimum absolute atomic E-state index is 0.0819. The van der Waals surface area contributed by atoms with Crippen LogP contribution in [0.3, 0.4) is 0 Å². The lowest BCUT2D eigenvalue weighted by molar-refractivity contribution is 0.305. The van der Waals surface area contributed by atoms with E-state index in [4.69, 9.17) is 16.7 Å². The van der Waals surface area contributed by atoms with Gasteiger partial charge in [-0.2, -0.15) is 10.2 Å². The standard InChI is InChI=1S/C12H11ClN4O/c13-12-6-10(7-14-16-12)11-8-15-17(9-11)4-2-1-3-5-18/h6-9,18H,3-5H2. The van der Waals surface area contributed by atoms with Gasteiger partial charge in [0.05, 0.1) is 19.0 Å². The summed E-state index contributed by atoms with van der Waals surface area (Å²) in [6, 6.07) is 1.73. The second-order valence-electron chi connectivity index (χ2n) is 3.52. The molecule has 0 aliphatic rings. The van der Waals surface area contributed by atoms with Crippen LogP contribution in [0.1, 0.15) is 6.42 Å². The summed E-state index contributed by atoms with van der Waals surface area (Å²) >= 11 is 5.77. The predicted octanol–water partition coefficient (Wildman–Crippen LogP) is 1.38. The van der Waals surface area contributed by atoms with E-state index >= 15 is 0 Å². The van der Waals surface area contributed by atoms with Gasteiger partial charge in [0, 0.05) is 23.7 Å². The highest BCUT2D eigenvalue weighted by Crippen LogP contribution is 2.19. The Morgan fingerprint density at radius 1 is 1.28 bits per heavy atom. The molecule has 0 saturated heterocycles. The van der Waals surface area contributed by atoms with Gasteiger partial charge in [0.2, 0.25) is 0 Å². The van der Waals surface area contributed by atoms with E-state index in [1.165, 1.54) is 0 Å². The van der Waals surface area contributed by atoms with Gasteiger partial charge in [0.1, 0.15) is 6.54 Å². The van der Waals surface area contributed by atoms with Crippen LogP contribution >= 0.6 is 11.6 Å². The van der Waals surface area contributed by atoms with Gasteiger partial charge < -0.3 is 5.11 Å². The Balaban J connectivity index is 2.09. The van der Waals surface area contributed by atoms with Gasteiger partial charge in [-0.1, -0.05) is 23.4 Å². The van der Waals surface area contributed by atoms with Crippen LogP contribution in [-0.2, 0) is 6.54 Å². The van der Waals surface area contributed by atoms with Gasteiger partial charge in [-0.15, -0.1) is 5.10 Å². The molecular weight excluding hydrogens is 252 g/mol. The SMILES string of the molecule is OCCC#CCn1cc(-c2cnnc(Cl)c2)cn1. The number of aromatic nitrogens is 4. The van der Waals surface area contributed by atoms with Gasteiger partial charge in [-0.05, 0) is 6.07 Å². The molecular formula is C12H11ClN4O. The molecule has 0 aliphatic carbocycles. The predicted molar refractivity (Wildman–Crippen MR) is 67.7 cm³/mol. The Morgan fingerprint density at radius 2 is 2.17 bits per heavy atom. The zero-order chi connectivity index (χ0) is 12.8. The minimum Gasteiger partial charge on any atom is -0.395 e. The van der Waals surface area contributed by atoms with Crippen molar-refractivity contribution in [1.82, 2.24) is 20.0 Å². The van der Waals surface area contributed by atoms with Crippen molar-refractivity contribution in [2.45, 2.75) is 13.0 Å². The fraction of sp³-hybridized carbons (Fsp3) is 0.250. The smallest absolute Gasteiger partial charge is 0.152 e. The molecule has 1 N–H and O–H groups in total. The van der Waals surface area contributed by atoms with Gasteiger partial charge in [-0.25, -0.2) is 0 Å². The van der Waals surface area contributed by atoms with E-state index in [2.05, 4.69) is 27.1 Å². The number of halogens is 1. The Bertz CT molecular complexity index is 585. The van der Waals surface area contributed by atoms with Crippen LogP contribution in [0.25, 0.3) is 11.1 Å². The van der Waals surface area contributed by atoms with Crippen LogP contribution in [0.4, 0.5) is 0 Å². The molecule has 92 valence electrons. The number of nitrogens with zero attached hydrogens (tertiary/aromatic N) is 4. The van der Waals surface area contributed by atoms with E-state index in [-0.39, 0.29) is 6.61 Å². The number of hydrogen-bond donors (Lipinski definition) is 1. The molecule has 2 aromatic rings. The molecule has 6 heteroatoms. The fourth-order valence-corrected chi connectivity index (χ4v) is 1.54. The van der Waals surface area contributed by atoms with E-state index in [1.807, 2.05) is 6.20 Å². The van der Waals surface area contributed by atoms with Gasteiger partial charge in [0.25, 0.3) is 0 Å². The zero-order valence-electron chi connectivity index (χ0n) is 9.54. The quantitative estimate of drug-likeness (QED) is 0.849. The first-order chi connectivity index (χ1) is 8.79. The summed E-state index contributed by atoms with van der Waals surface area (Å²) in [5.41, 5.74) is 1.78. The molecule has 0 aromatic carbocycles. The van der Waals surface area contributed by atoms with Gasteiger partial charge >= 0.3 is 0 Å². The van der Waals surface area contributed by atoms with E-state index in [9.17, 15) is 0 Å². The monoisotopic (exact) mass is 262 g/mol. The topological polar surface area (TPSA) is 63.8 Å². The van der Waals surface area contributed by atoms with E-state index in [0.717, 1.165) is 11.1 Å². The lowest BCUT2D eigenvalue weighted by Crippen LogP contribution is -1.95. The molecule has 0 bridgehead atoms. The van der Waals surface area contributed by atoms with Crippen molar-refractivity contribution in [3.63, 3.8) is 0 Å². The second-order valence-corrected chi connectivity index (χ2v) is 3.91. The average molecular weight is 263 g/mol. The molecule has 0 radical (unpaired) electrons. The third-order valence-corrected chi connectivity index (χ3v) is 2.38. The Kier molecular flexibility index (Phi) is 4.29. The summed E-state index contributed by atoms with van der Waals surface area (Å²) in [4.78, 5) is 0. The van der Waals surface area contributed by atoms with E-state index in [1.54, 1.807) is 23.1 Å². The number of rotatable bonds is 3. The number of aliphatic hydroxyl groups excluding tert-OH is 1. The highest BCUT2D eigenvalue weighted by molar-refractivity contribution is 6.29. The highest BCUT2D eigenvalue weighted by atomic mass is 35.5. The van der Waals surface area contributed by atoms with Crippen molar-refractivity contribution in [1.29, 1.82) is 0 Å². The first-order valence-electron chi connectivity index (χ1n) is 5.37. The summed E-state index contributed by atoms with van der Waals surface area (Å²) in [6.07, 6.45) is 5.70. The maximum absolute atomic E-state index is 8.59. The van der Waals surface area contributed by atoms with Crippen molar-refractivity contribution in [3.05, 3.63) is 29.8 Å². The third-order valence-electron chi connectivity index (χ3n) is 2.19. The molecule has 5 nitrogen and oxygen atoms in total. The minimum atomic E-state index is 0.0819. The molecule has 0 amide bonds. The molecule has 18 heavy (non-hydrogen) atoms. The van der Waals surface area contributed by atoms with Crippen LogP contribution in [0.5, 0.6) is 0 Å². The van der Waals surface area contributed by atoms with Crippen molar-refractivity contribution in [2.24, 2.45) is 0 Å². The summed E-state index contributed by atoms with van der Waals surface area (Å²) in [6.45, 7) is 0.574. The summed E-state index contributed by atoms with van der Waals surface area (Å²) in [5, 5.41) is 20.6. The first-order valence-corrected chi connectivity index (χ1v) is 5.75. The second kappa shape index (κ2) is 6.15. The fourth-order valence-electron chi connectivity index (χ4n) is 1.38. The molecule has 0 aliphatic heterocycles. The largest absolute Gasteiger partial charge is 0.395 e. The van der Waals surface area contributed by atoms with Crippen molar-refractivity contribution < 1.29 is 5.11 Å². The van der Waals surface area contributed by atoms with Crippen LogP contribution in [0.2, 0.25) is 5.15 Å². The van der Waals surface area contributed by atoms with Crippen LogP contribution in [-0.4, -0.2) is 31.7 Å². The molecule has 0 saturated carbocycles. The summed E-state index contributed by atoms with van der Waals surface area (Å²) in [5.74, 6) is 5.75. The molecule has 0 unspecified atom stereocenters. The normalized spacial score (nSPS) is 9.89. The maximum Gasteiger partial charge on any atom is 0.152 e. The first kappa shape index (κ1) is 12.6. The maximum atomic E-state index is 8.59. The molecule has 2 heterocycles. The third kappa shape index (κ3) is 3.29. The molecule has 0 spiro atoms. The van der Waals surface area contributed by atoms with Gasteiger partial charge in [-0.3, -0.25) is 4.68 Å². The zero-order valence-corrected chi connectivity index (χ0v) is 10.3.